The Morgan fingerprint density at radius 1 is 0.741 bits per heavy atom. The van der Waals surface area contributed by atoms with Crippen LogP contribution in [0.1, 0.15) is 0 Å². The maximum absolute atomic E-state index is 5.87. The predicted octanol–water partition coefficient (Wildman–Crippen LogP) is 5.47. The molecule has 0 bridgehead atoms. The molecule has 0 aliphatic carbocycles. The van der Waals surface area contributed by atoms with Crippen molar-refractivity contribution in [2.24, 2.45) is 0 Å². The summed E-state index contributed by atoms with van der Waals surface area (Å²) in [4.78, 5) is 11.8. The number of benzene rings is 3. The van der Waals surface area contributed by atoms with Gasteiger partial charge in [0.25, 0.3) is 0 Å². The van der Waals surface area contributed by atoms with Crippen LogP contribution in [0.5, 0.6) is 0 Å². The number of nitrogen functional groups attached to an aromatic ring is 1. The molecule has 0 atom stereocenters. The fourth-order valence-corrected chi connectivity index (χ4v) is 3.43. The average Bonchev–Trinajstić information content (AvgIpc) is 3.33. The van der Waals surface area contributed by atoms with Gasteiger partial charge >= 0.3 is 0 Å². The van der Waals surface area contributed by atoms with Gasteiger partial charge in [0.15, 0.2) is 0 Å². The monoisotopic (exact) mass is 350 g/mol. The Labute approximate surface area is 156 Å². The van der Waals surface area contributed by atoms with Crippen LogP contribution in [0.3, 0.4) is 0 Å². The Balaban J connectivity index is 1.73. The second kappa shape index (κ2) is 6.18. The van der Waals surface area contributed by atoms with E-state index in [0.717, 1.165) is 50.5 Å². The predicted molar refractivity (Wildman–Crippen MR) is 111 cm³/mol. The summed E-state index contributed by atoms with van der Waals surface area (Å²) in [5.74, 6) is 0.845. The summed E-state index contributed by atoms with van der Waals surface area (Å²) in [5, 5.41) is 1.15. The molecular formula is C23H18N4. The number of fused-ring (bicyclic) bond motifs is 1. The van der Waals surface area contributed by atoms with Crippen molar-refractivity contribution in [2.45, 2.75) is 0 Å². The van der Waals surface area contributed by atoms with Crippen LogP contribution in [0, 0.1) is 0 Å². The van der Waals surface area contributed by atoms with Gasteiger partial charge in [0, 0.05) is 39.5 Å². The van der Waals surface area contributed by atoms with Crippen LogP contribution in [0.2, 0.25) is 0 Å². The number of nitrogens with one attached hydrogen (secondary N) is 2. The van der Waals surface area contributed by atoms with Crippen molar-refractivity contribution in [2.75, 3.05) is 5.73 Å². The molecule has 0 aliphatic rings. The molecule has 0 saturated heterocycles. The van der Waals surface area contributed by atoms with E-state index in [4.69, 9.17) is 10.7 Å². The van der Waals surface area contributed by atoms with Gasteiger partial charge in [-0.1, -0.05) is 60.7 Å². The topological polar surface area (TPSA) is 70.5 Å². The summed E-state index contributed by atoms with van der Waals surface area (Å²) in [7, 11) is 0. The summed E-state index contributed by atoms with van der Waals surface area (Å²) in [6.07, 6.45) is 2.00. The Bertz CT molecular complexity index is 1210. The highest BCUT2D eigenvalue weighted by Gasteiger charge is 2.17. The largest absolute Gasteiger partial charge is 0.399 e. The van der Waals surface area contributed by atoms with Gasteiger partial charge in [-0.25, -0.2) is 4.98 Å². The van der Waals surface area contributed by atoms with Gasteiger partial charge in [0.2, 0.25) is 0 Å². The number of nitrogens with zero attached hydrogens (tertiary/aromatic N) is 1. The summed E-state index contributed by atoms with van der Waals surface area (Å²) < 4.78 is 0. The molecule has 4 N–H and O–H groups in total. The van der Waals surface area contributed by atoms with E-state index in [-0.39, 0.29) is 0 Å². The minimum absolute atomic E-state index is 0.743. The Hall–Kier alpha value is -3.79. The molecule has 27 heavy (non-hydrogen) atoms. The quantitative estimate of drug-likeness (QED) is 0.377. The van der Waals surface area contributed by atoms with Gasteiger partial charge in [0.1, 0.15) is 5.82 Å². The fourth-order valence-electron chi connectivity index (χ4n) is 3.43. The normalized spacial score (nSPS) is 11.1. The summed E-state index contributed by atoms with van der Waals surface area (Å²) in [6, 6.07) is 26.4. The number of para-hydroxylation sites is 1. The van der Waals surface area contributed by atoms with Crippen molar-refractivity contribution in [3.63, 3.8) is 0 Å². The van der Waals surface area contributed by atoms with Crippen LogP contribution in [0.25, 0.3) is 44.8 Å². The Morgan fingerprint density at radius 2 is 1.48 bits per heavy atom. The van der Waals surface area contributed by atoms with Crippen LogP contribution in [-0.2, 0) is 0 Å². The fraction of sp³-hybridized carbons (Fsp3) is 0. The summed E-state index contributed by atoms with van der Waals surface area (Å²) >= 11 is 0. The lowest BCUT2D eigenvalue weighted by molar-refractivity contribution is 1.31. The van der Waals surface area contributed by atoms with Crippen molar-refractivity contribution in [1.29, 1.82) is 0 Å². The zero-order valence-corrected chi connectivity index (χ0v) is 14.6. The Kier molecular flexibility index (Phi) is 3.54. The van der Waals surface area contributed by atoms with Crippen LogP contribution < -0.4 is 5.73 Å². The van der Waals surface area contributed by atoms with Crippen LogP contribution in [0.15, 0.2) is 85.1 Å². The first kappa shape index (κ1) is 15.5. The lowest BCUT2D eigenvalue weighted by Gasteiger charge is -2.03. The van der Waals surface area contributed by atoms with E-state index in [1.165, 1.54) is 0 Å². The lowest BCUT2D eigenvalue weighted by Crippen LogP contribution is -1.86. The molecule has 2 heterocycles. The van der Waals surface area contributed by atoms with Gasteiger partial charge < -0.3 is 15.7 Å². The Morgan fingerprint density at radius 3 is 2.30 bits per heavy atom. The van der Waals surface area contributed by atoms with E-state index in [1.54, 1.807) is 0 Å². The number of H-pyrrole nitrogens is 2. The third-order valence-electron chi connectivity index (χ3n) is 4.79. The molecule has 0 unspecified atom stereocenters. The van der Waals surface area contributed by atoms with Gasteiger partial charge in [-0.2, -0.15) is 0 Å². The third-order valence-corrected chi connectivity index (χ3v) is 4.79. The van der Waals surface area contributed by atoms with Gasteiger partial charge in [0.05, 0.1) is 11.4 Å². The molecule has 130 valence electrons. The first-order valence-corrected chi connectivity index (χ1v) is 8.87. The van der Waals surface area contributed by atoms with E-state index >= 15 is 0 Å². The smallest absolute Gasteiger partial charge is 0.140 e. The van der Waals surface area contributed by atoms with E-state index in [2.05, 4.69) is 34.2 Å². The highest BCUT2D eigenvalue weighted by atomic mass is 14.9. The lowest BCUT2D eigenvalue weighted by atomic mass is 10.0. The molecule has 0 fully saturated rings. The second-order valence-corrected chi connectivity index (χ2v) is 6.54. The summed E-state index contributed by atoms with van der Waals surface area (Å²) in [5.41, 5.74) is 12.8. The van der Waals surface area contributed by atoms with Gasteiger partial charge in [-0.15, -0.1) is 0 Å². The standard InChI is InChI=1S/C23H18N4/c24-17-12-10-16(11-13-17)22-21(15-6-2-1-3-7-15)26-23(27-22)19-14-25-20-9-5-4-8-18(19)20/h1-14,25H,24H2,(H,26,27). The minimum Gasteiger partial charge on any atom is -0.399 e. The minimum atomic E-state index is 0.743. The van der Waals surface area contributed by atoms with Crippen LogP contribution in [0.4, 0.5) is 5.69 Å². The first-order chi connectivity index (χ1) is 13.3. The molecule has 4 nitrogen and oxygen atoms in total. The highest BCUT2D eigenvalue weighted by Crippen LogP contribution is 2.35. The average molecular weight is 350 g/mol. The number of nitrogens with two attached hydrogens (primary N) is 1. The van der Waals surface area contributed by atoms with E-state index in [1.807, 2.05) is 60.8 Å². The molecule has 2 aromatic heterocycles. The van der Waals surface area contributed by atoms with Crippen molar-refractivity contribution < 1.29 is 0 Å². The maximum atomic E-state index is 5.87. The van der Waals surface area contributed by atoms with E-state index in [9.17, 15) is 0 Å². The molecule has 4 heteroatoms. The van der Waals surface area contributed by atoms with Gasteiger partial charge in [-0.3, -0.25) is 0 Å². The second-order valence-electron chi connectivity index (χ2n) is 6.54. The van der Waals surface area contributed by atoms with Crippen molar-refractivity contribution in [3.05, 3.63) is 85.1 Å². The van der Waals surface area contributed by atoms with E-state index in [0.29, 0.717) is 0 Å². The number of rotatable bonds is 3. The molecule has 5 rings (SSSR count). The molecule has 0 amide bonds. The molecule has 3 aromatic carbocycles. The molecule has 0 aliphatic heterocycles. The SMILES string of the molecule is Nc1ccc(-c2nc(-c3c[nH]c4ccccc34)[nH]c2-c2ccccc2)cc1. The molecule has 0 saturated carbocycles. The van der Waals surface area contributed by atoms with Gasteiger partial charge in [-0.05, 0) is 18.2 Å². The number of hydrogen-bond donors (Lipinski definition) is 3. The zero-order chi connectivity index (χ0) is 18.2. The molecule has 0 radical (unpaired) electrons. The number of imidazole rings is 1. The highest BCUT2D eigenvalue weighted by molar-refractivity contribution is 5.95. The molecule has 5 aromatic rings. The number of hydrogen-bond acceptors (Lipinski definition) is 2. The summed E-state index contributed by atoms with van der Waals surface area (Å²) in [6.45, 7) is 0. The van der Waals surface area contributed by atoms with Crippen molar-refractivity contribution in [1.82, 2.24) is 15.0 Å². The number of anilines is 1. The van der Waals surface area contributed by atoms with E-state index < -0.39 is 0 Å². The third kappa shape index (κ3) is 2.68. The van der Waals surface area contributed by atoms with Crippen molar-refractivity contribution >= 4 is 16.6 Å². The molecular weight excluding hydrogens is 332 g/mol. The van der Waals surface area contributed by atoms with Crippen LogP contribution in [-0.4, -0.2) is 15.0 Å². The maximum Gasteiger partial charge on any atom is 0.140 e. The molecule has 0 spiro atoms. The number of aromatic amines is 2. The first-order valence-electron chi connectivity index (χ1n) is 8.87. The van der Waals surface area contributed by atoms with Crippen molar-refractivity contribution in [3.8, 4) is 33.9 Å². The number of aromatic nitrogens is 3. The van der Waals surface area contributed by atoms with Crippen LogP contribution >= 0.6 is 0 Å². The zero-order valence-electron chi connectivity index (χ0n) is 14.6.